The van der Waals surface area contributed by atoms with Gasteiger partial charge >= 0.3 is 0 Å². The number of amides is 1. The van der Waals surface area contributed by atoms with Crippen LogP contribution in [0, 0.1) is 19.8 Å². The number of rotatable bonds is 7. The highest BCUT2D eigenvalue weighted by atomic mass is 16.5. The molecular weight excluding hydrogens is 446 g/mol. The summed E-state index contributed by atoms with van der Waals surface area (Å²) in [6.45, 7) is 5.96. The zero-order valence-corrected chi connectivity index (χ0v) is 21.0. The number of para-hydroxylation sites is 1. The molecule has 1 N–H and O–H groups in total. The molecule has 36 heavy (non-hydrogen) atoms. The number of hydrogen-bond acceptors (Lipinski definition) is 4. The molecule has 1 aliphatic rings. The van der Waals surface area contributed by atoms with Gasteiger partial charge in [0.05, 0.1) is 0 Å². The predicted octanol–water partition coefficient (Wildman–Crippen LogP) is 6.33. The molecule has 5 rings (SSSR count). The van der Waals surface area contributed by atoms with Crippen molar-refractivity contribution in [2.45, 2.75) is 33.1 Å². The van der Waals surface area contributed by atoms with Crippen LogP contribution in [-0.4, -0.2) is 30.6 Å². The van der Waals surface area contributed by atoms with Gasteiger partial charge in [-0.15, -0.1) is 0 Å². The quantitative estimate of drug-likeness (QED) is 0.337. The number of benzene rings is 3. The van der Waals surface area contributed by atoms with E-state index in [0.29, 0.717) is 11.7 Å². The van der Waals surface area contributed by atoms with Gasteiger partial charge in [0.25, 0.3) is 5.91 Å². The summed E-state index contributed by atoms with van der Waals surface area (Å²) in [5, 5.41) is 3.94. The summed E-state index contributed by atoms with van der Waals surface area (Å²) in [4.78, 5) is 19.9. The zero-order valence-electron chi connectivity index (χ0n) is 21.0. The fraction of sp³-hybridized carbons (Fsp3) is 0.290. The Labute approximate surface area is 213 Å². The van der Waals surface area contributed by atoms with Crippen LogP contribution in [0.25, 0.3) is 10.9 Å². The lowest BCUT2D eigenvalue weighted by atomic mass is 9.90. The molecular formula is C31H33N3O2. The molecule has 0 bridgehead atoms. The molecule has 1 aromatic heterocycles. The van der Waals surface area contributed by atoms with Crippen LogP contribution in [0.5, 0.6) is 5.75 Å². The highest BCUT2D eigenvalue weighted by Crippen LogP contribution is 2.29. The first-order chi connectivity index (χ1) is 17.5. The number of aromatic nitrogens is 1. The van der Waals surface area contributed by atoms with Gasteiger partial charge in [-0.25, -0.2) is 4.98 Å². The number of carbonyl (C=O) groups is 1. The number of piperidine rings is 1. The molecule has 2 heterocycles. The van der Waals surface area contributed by atoms with Crippen molar-refractivity contribution in [3.8, 4) is 5.75 Å². The Hall–Kier alpha value is -3.86. The fourth-order valence-electron chi connectivity index (χ4n) is 5.10. The molecule has 4 aromatic rings. The summed E-state index contributed by atoms with van der Waals surface area (Å²) in [6.07, 6.45) is 3.46. The van der Waals surface area contributed by atoms with E-state index >= 15 is 0 Å². The molecule has 1 amide bonds. The molecule has 5 heteroatoms. The number of aryl methyl sites for hydroxylation is 2. The van der Waals surface area contributed by atoms with Gasteiger partial charge in [0, 0.05) is 24.2 Å². The van der Waals surface area contributed by atoms with Gasteiger partial charge in [-0.3, -0.25) is 4.79 Å². The van der Waals surface area contributed by atoms with Gasteiger partial charge < -0.3 is 15.0 Å². The second-order valence-electron chi connectivity index (χ2n) is 9.83. The summed E-state index contributed by atoms with van der Waals surface area (Å²) in [5.74, 6) is 2.12. The molecule has 0 radical (unpaired) electrons. The summed E-state index contributed by atoms with van der Waals surface area (Å²) in [5.41, 5.74) is 5.22. The lowest BCUT2D eigenvalue weighted by Gasteiger charge is -2.33. The van der Waals surface area contributed by atoms with E-state index in [1.54, 1.807) is 0 Å². The Balaban J connectivity index is 1.23. The molecule has 184 valence electrons. The first-order valence-corrected chi connectivity index (χ1v) is 12.7. The molecule has 1 fully saturated rings. The van der Waals surface area contributed by atoms with E-state index in [-0.39, 0.29) is 12.5 Å². The van der Waals surface area contributed by atoms with Crippen molar-refractivity contribution in [3.05, 3.63) is 95.6 Å². The minimum absolute atomic E-state index is 0.0666. The molecule has 5 nitrogen and oxygen atoms in total. The maximum absolute atomic E-state index is 12.6. The molecule has 0 aliphatic carbocycles. The molecule has 1 aliphatic heterocycles. The van der Waals surface area contributed by atoms with Crippen LogP contribution in [0.4, 0.5) is 11.5 Å². The third kappa shape index (κ3) is 5.85. The SMILES string of the molecule is Cc1cc(C)cc(NC(=O)COc2cccc3ccc(N4CCC(Cc5ccccc5)CC4)nc23)c1. The minimum Gasteiger partial charge on any atom is -0.481 e. The lowest BCUT2D eigenvalue weighted by molar-refractivity contribution is -0.118. The van der Waals surface area contributed by atoms with Crippen LogP contribution in [0.3, 0.4) is 0 Å². The summed E-state index contributed by atoms with van der Waals surface area (Å²) < 4.78 is 5.95. The standard InChI is InChI=1S/C31H33N3O2/c1-22-17-23(2)19-27(18-22)32-30(35)21-36-28-10-6-9-26-11-12-29(33-31(26)28)34-15-13-25(14-16-34)20-24-7-4-3-5-8-24/h3-12,17-19,25H,13-16,20-21H2,1-2H3,(H,32,35). The van der Waals surface area contributed by atoms with E-state index in [2.05, 4.69) is 58.7 Å². The average molecular weight is 480 g/mol. The Morgan fingerprint density at radius 1 is 0.944 bits per heavy atom. The van der Waals surface area contributed by atoms with Gasteiger partial charge in [0.2, 0.25) is 0 Å². The van der Waals surface area contributed by atoms with Gasteiger partial charge in [-0.05, 0) is 86.1 Å². The normalized spacial score (nSPS) is 14.1. The first-order valence-electron chi connectivity index (χ1n) is 12.7. The number of nitrogens with one attached hydrogen (secondary N) is 1. The molecule has 0 atom stereocenters. The summed E-state index contributed by atoms with van der Waals surface area (Å²) >= 11 is 0. The highest BCUT2D eigenvalue weighted by Gasteiger charge is 2.21. The third-order valence-corrected chi connectivity index (χ3v) is 6.84. The van der Waals surface area contributed by atoms with E-state index in [0.717, 1.165) is 65.9 Å². The maximum atomic E-state index is 12.6. The van der Waals surface area contributed by atoms with Crippen LogP contribution < -0.4 is 15.0 Å². The van der Waals surface area contributed by atoms with Gasteiger partial charge in [0.1, 0.15) is 17.1 Å². The van der Waals surface area contributed by atoms with E-state index in [1.807, 2.05) is 44.2 Å². The van der Waals surface area contributed by atoms with Crippen molar-refractivity contribution in [2.75, 3.05) is 29.9 Å². The van der Waals surface area contributed by atoms with Crippen LogP contribution in [0.1, 0.15) is 29.5 Å². The number of anilines is 2. The Bertz CT molecular complexity index is 1320. The first kappa shape index (κ1) is 23.9. The highest BCUT2D eigenvalue weighted by molar-refractivity contribution is 5.92. The number of ether oxygens (including phenoxy) is 1. The van der Waals surface area contributed by atoms with E-state index < -0.39 is 0 Å². The Kier molecular flexibility index (Phi) is 7.17. The number of fused-ring (bicyclic) bond motifs is 1. The number of pyridine rings is 1. The second-order valence-corrected chi connectivity index (χ2v) is 9.83. The smallest absolute Gasteiger partial charge is 0.262 e. The van der Waals surface area contributed by atoms with Crippen LogP contribution in [0.15, 0.2) is 78.9 Å². The van der Waals surface area contributed by atoms with E-state index in [1.165, 1.54) is 5.56 Å². The van der Waals surface area contributed by atoms with Crippen molar-refractivity contribution < 1.29 is 9.53 Å². The topological polar surface area (TPSA) is 54.5 Å². The van der Waals surface area contributed by atoms with Gasteiger partial charge in [0.15, 0.2) is 6.61 Å². The van der Waals surface area contributed by atoms with Gasteiger partial charge in [-0.2, -0.15) is 0 Å². The maximum Gasteiger partial charge on any atom is 0.262 e. The van der Waals surface area contributed by atoms with Crippen LogP contribution in [0.2, 0.25) is 0 Å². The molecule has 0 spiro atoms. The van der Waals surface area contributed by atoms with Crippen molar-refractivity contribution in [1.82, 2.24) is 4.98 Å². The van der Waals surface area contributed by atoms with Gasteiger partial charge in [-0.1, -0.05) is 48.5 Å². The van der Waals surface area contributed by atoms with Crippen LogP contribution >= 0.6 is 0 Å². The Morgan fingerprint density at radius 2 is 1.69 bits per heavy atom. The zero-order chi connectivity index (χ0) is 24.9. The van der Waals surface area contributed by atoms with E-state index in [4.69, 9.17) is 9.72 Å². The average Bonchev–Trinajstić information content (AvgIpc) is 2.87. The van der Waals surface area contributed by atoms with Crippen molar-refractivity contribution >= 4 is 28.3 Å². The monoisotopic (exact) mass is 479 g/mol. The molecule has 3 aromatic carbocycles. The minimum atomic E-state index is -0.186. The summed E-state index contributed by atoms with van der Waals surface area (Å²) in [7, 11) is 0. The molecule has 0 unspecified atom stereocenters. The predicted molar refractivity (Wildman–Crippen MR) is 147 cm³/mol. The largest absolute Gasteiger partial charge is 0.481 e. The fourth-order valence-corrected chi connectivity index (χ4v) is 5.10. The summed E-state index contributed by atoms with van der Waals surface area (Å²) in [6, 6.07) is 26.8. The van der Waals surface area contributed by atoms with Crippen LogP contribution in [-0.2, 0) is 11.2 Å². The van der Waals surface area contributed by atoms with Crippen molar-refractivity contribution in [2.24, 2.45) is 5.92 Å². The molecule has 0 saturated carbocycles. The van der Waals surface area contributed by atoms with Crippen molar-refractivity contribution in [3.63, 3.8) is 0 Å². The number of hydrogen-bond donors (Lipinski definition) is 1. The Morgan fingerprint density at radius 3 is 2.44 bits per heavy atom. The lowest BCUT2D eigenvalue weighted by Crippen LogP contribution is -2.34. The van der Waals surface area contributed by atoms with Crippen molar-refractivity contribution in [1.29, 1.82) is 0 Å². The number of nitrogens with zero attached hydrogens (tertiary/aromatic N) is 2. The third-order valence-electron chi connectivity index (χ3n) is 6.84. The number of carbonyl (C=O) groups excluding carboxylic acids is 1. The van der Waals surface area contributed by atoms with E-state index in [9.17, 15) is 4.79 Å². The molecule has 1 saturated heterocycles. The second kappa shape index (κ2) is 10.8.